The zero-order chi connectivity index (χ0) is 13.7. The molecule has 0 aliphatic rings. The summed E-state index contributed by atoms with van der Waals surface area (Å²) >= 11 is 5.74. The Balaban J connectivity index is 2.82. The number of carbonyl (C=O) groups excluding carboxylic acids is 1. The van der Waals surface area contributed by atoms with Crippen LogP contribution in [0.25, 0.3) is 0 Å². The molecule has 6 heteroatoms. The predicted molar refractivity (Wildman–Crippen MR) is 71.0 cm³/mol. The van der Waals surface area contributed by atoms with Gasteiger partial charge in [0, 0.05) is 10.6 Å². The Morgan fingerprint density at radius 1 is 1.39 bits per heavy atom. The number of hydrogen-bond donors (Lipinski definition) is 3. The summed E-state index contributed by atoms with van der Waals surface area (Å²) in [7, 11) is 0. The second-order valence-electron chi connectivity index (χ2n) is 4.23. The molecule has 1 unspecified atom stereocenters. The summed E-state index contributed by atoms with van der Waals surface area (Å²) in [4.78, 5) is 11.9. The van der Waals surface area contributed by atoms with Crippen LogP contribution in [0.4, 0.5) is 0 Å². The molecule has 0 saturated heterocycles. The minimum absolute atomic E-state index is 0.0113. The van der Waals surface area contributed by atoms with Crippen LogP contribution in [0.1, 0.15) is 24.2 Å². The lowest BCUT2D eigenvalue weighted by atomic mass is 10.0. The van der Waals surface area contributed by atoms with Crippen molar-refractivity contribution in [3.8, 4) is 0 Å². The number of nitrogens with two attached hydrogens (primary N) is 1. The summed E-state index contributed by atoms with van der Waals surface area (Å²) in [5.41, 5.74) is 6.00. The first-order valence-electron chi connectivity index (χ1n) is 5.49. The number of amides is 1. The number of carbonyl (C=O) groups is 1. The zero-order valence-corrected chi connectivity index (χ0v) is 11.0. The van der Waals surface area contributed by atoms with E-state index < -0.39 is 6.04 Å². The molecule has 4 N–H and O–H groups in total. The first-order valence-corrected chi connectivity index (χ1v) is 5.87. The van der Waals surface area contributed by atoms with Crippen LogP contribution in [-0.2, 0) is 0 Å². The summed E-state index contributed by atoms with van der Waals surface area (Å²) in [6.45, 7) is 3.73. The minimum Gasteiger partial charge on any atom is -0.409 e. The molecule has 18 heavy (non-hydrogen) atoms. The number of rotatable bonds is 4. The van der Waals surface area contributed by atoms with Gasteiger partial charge >= 0.3 is 0 Å². The van der Waals surface area contributed by atoms with E-state index in [-0.39, 0.29) is 17.7 Å². The average Bonchev–Trinajstić information content (AvgIpc) is 2.35. The van der Waals surface area contributed by atoms with Crippen molar-refractivity contribution >= 4 is 23.3 Å². The third-order valence-corrected chi connectivity index (χ3v) is 2.75. The van der Waals surface area contributed by atoms with E-state index in [1.807, 2.05) is 13.8 Å². The van der Waals surface area contributed by atoms with Crippen LogP contribution >= 0.6 is 11.6 Å². The first-order chi connectivity index (χ1) is 8.45. The van der Waals surface area contributed by atoms with Gasteiger partial charge in [-0.05, 0) is 30.2 Å². The van der Waals surface area contributed by atoms with Crippen molar-refractivity contribution in [2.75, 3.05) is 0 Å². The van der Waals surface area contributed by atoms with Gasteiger partial charge < -0.3 is 16.3 Å². The van der Waals surface area contributed by atoms with Crippen molar-refractivity contribution in [1.29, 1.82) is 0 Å². The Bertz CT molecular complexity index is 443. The molecule has 1 rings (SSSR count). The number of nitrogens with zero attached hydrogens (tertiary/aromatic N) is 1. The first kappa shape index (κ1) is 14.3. The van der Waals surface area contributed by atoms with Crippen LogP contribution in [-0.4, -0.2) is 23.0 Å². The van der Waals surface area contributed by atoms with Gasteiger partial charge in [-0.3, -0.25) is 4.79 Å². The molecule has 0 aliphatic carbocycles. The number of benzene rings is 1. The van der Waals surface area contributed by atoms with Gasteiger partial charge in [0.2, 0.25) is 0 Å². The smallest absolute Gasteiger partial charge is 0.251 e. The lowest BCUT2D eigenvalue weighted by Gasteiger charge is -2.20. The second kappa shape index (κ2) is 6.26. The molecule has 1 aromatic carbocycles. The fraction of sp³-hybridized carbons (Fsp3) is 0.333. The summed E-state index contributed by atoms with van der Waals surface area (Å²) in [6.07, 6.45) is 0. The topological polar surface area (TPSA) is 87.7 Å². The SMILES string of the molecule is CC(C)C(NC(=O)c1ccc(Cl)cc1)C(N)=NO. The monoisotopic (exact) mass is 269 g/mol. The van der Waals surface area contributed by atoms with Crippen molar-refractivity contribution in [2.24, 2.45) is 16.8 Å². The Morgan fingerprint density at radius 2 is 1.94 bits per heavy atom. The van der Waals surface area contributed by atoms with Gasteiger partial charge in [0.05, 0.1) is 6.04 Å². The van der Waals surface area contributed by atoms with Gasteiger partial charge in [-0.25, -0.2) is 0 Å². The van der Waals surface area contributed by atoms with Crippen LogP contribution in [0.15, 0.2) is 29.4 Å². The Kier molecular flexibility index (Phi) is 4.97. The lowest BCUT2D eigenvalue weighted by Crippen LogP contribution is -2.47. The van der Waals surface area contributed by atoms with E-state index in [4.69, 9.17) is 22.5 Å². The number of oxime groups is 1. The van der Waals surface area contributed by atoms with E-state index in [2.05, 4.69) is 10.5 Å². The highest BCUT2D eigenvalue weighted by molar-refractivity contribution is 6.30. The average molecular weight is 270 g/mol. The summed E-state index contributed by atoms with van der Waals surface area (Å²) < 4.78 is 0. The maximum absolute atomic E-state index is 11.9. The highest BCUT2D eigenvalue weighted by Gasteiger charge is 2.21. The molecule has 0 fully saturated rings. The number of nitrogens with one attached hydrogen (secondary N) is 1. The van der Waals surface area contributed by atoms with Gasteiger partial charge in [0.25, 0.3) is 5.91 Å². The molecular formula is C12H16ClN3O2. The normalized spacial score (nSPS) is 13.4. The third kappa shape index (κ3) is 3.63. The molecule has 1 amide bonds. The summed E-state index contributed by atoms with van der Waals surface area (Å²) in [5.74, 6) is -0.304. The molecule has 0 bridgehead atoms. The number of halogens is 1. The van der Waals surface area contributed by atoms with Gasteiger partial charge in [-0.2, -0.15) is 0 Å². The fourth-order valence-corrected chi connectivity index (χ4v) is 1.60. The van der Waals surface area contributed by atoms with Crippen LogP contribution in [0.3, 0.4) is 0 Å². The summed E-state index contributed by atoms with van der Waals surface area (Å²) in [5, 5.41) is 14.9. The van der Waals surface area contributed by atoms with Crippen LogP contribution in [0.2, 0.25) is 5.02 Å². The Hall–Kier alpha value is -1.75. The van der Waals surface area contributed by atoms with Gasteiger partial charge in [0.1, 0.15) is 0 Å². The Morgan fingerprint density at radius 3 is 2.39 bits per heavy atom. The molecule has 0 aliphatic heterocycles. The maximum atomic E-state index is 11.9. The molecule has 0 saturated carbocycles. The molecular weight excluding hydrogens is 254 g/mol. The highest BCUT2D eigenvalue weighted by atomic mass is 35.5. The van der Waals surface area contributed by atoms with E-state index in [0.29, 0.717) is 10.6 Å². The van der Waals surface area contributed by atoms with Gasteiger partial charge in [-0.15, -0.1) is 0 Å². The van der Waals surface area contributed by atoms with E-state index in [0.717, 1.165) is 0 Å². The van der Waals surface area contributed by atoms with Crippen LogP contribution in [0.5, 0.6) is 0 Å². The quantitative estimate of drug-likeness (QED) is 0.337. The van der Waals surface area contributed by atoms with Crippen molar-refractivity contribution in [3.05, 3.63) is 34.9 Å². The largest absolute Gasteiger partial charge is 0.409 e. The third-order valence-electron chi connectivity index (χ3n) is 2.49. The van der Waals surface area contributed by atoms with E-state index >= 15 is 0 Å². The molecule has 0 spiro atoms. The standard InChI is InChI=1S/C12H16ClN3O2/c1-7(2)10(11(14)16-18)15-12(17)8-3-5-9(13)6-4-8/h3-7,10,18H,1-2H3,(H2,14,16)(H,15,17). The fourth-order valence-electron chi connectivity index (χ4n) is 1.47. The van der Waals surface area contributed by atoms with Crippen LogP contribution in [0, 0.1) is 5.92 Å². The van der Waals surface area contributed by atoms with E-state index in [9.17, 15) is 4.79 Å². The lowest BCUT2D eigenvalue weighted by molar-refractivity contribution is 0.0939. The molecule has 1 atom stereocenters. The van der Waals surface area contributed by atoms with Crippen molar-refractivity contribution in [3.63, 3.8) is 0 Å². The van der Waals surface area contributed by atoms with Gasteiger partial charge in [-0.1, -0.05) is 30.6 Å². The second-order valence-corrected chi connectivity index (χ2v) is 4.66. The van der Waals surface area contributed by atoms with Gasteiger partial charge in [0.15, 0.2) is 5.84 Å². The molecule has 98 valence electrons. The molecule has 1 aromatic rings. The molecule has 5 nitrogen and oxygen atoms in total. The minimum atomic E-state index is -0.516. The molecule has 0 aromatic heterocycles. The van der Waals surface area contributed by atoms with Crippen molar-refractivity contribution in [1.82, 2.24) is 5.32 Å². The molecule has 0 radical (unpaired) electrons. The Labute approximate surface area is 111 Å². The number of amidine groups is 1. The zero-order valence-electron chi connectivity index (χ0n) is 10.2. The highest BCUT2D eigenvalue weighted by Crippen LogP contribution is 2.10. The van der Waals surface area contributed by atoms with E-state index in [1.165, 1.54) is 0 Å². The molecule has 0 heterocycles. The van der Waals surface area contributed by atoms with Crippen molar-refractivity contribution < 1.29 is 10.0 Å². The maximum Gasteiger partial charge on any atom is 0.251 e. The predicted octanol–water partition coefficient (Wildman–Crippen LogP) is 1.84. The van der Waals surface area contributed by atoms with Crippen LogP contribution < -0.4 is 11.1 Å². The summed E-state index contributed by atoms with van der Waals surface area (Å²) in [6, 6.07) is 5.97. The van der Waals surface area contributed by atoms with Crippen molar-refractivity contribution in [2.45, 2.75) is 19.9 Å². The number of hydrogen-bond acceptors (Lipinski definition) is 3. The van der Waals surface area contributed by atoms with E-state index in [1.54, 1.807) is 24.3 Å².